The first-order valence-electron chi connectivity index (χ1n) is 9.58. The lowest BCUT2D eigenvalue weighted by molar-refractivity contribution is -0.122. The van der Waals surface area contributed by atoms with E-state index in [9.17, 15) is 4.79 Å². The Labute approximate surface area is 160 Å². The molecule has 0 saturated heterocycles. The summed E-state index contributed by atoms with van der Waals surface area (Å²) in [5, 5.41) is 6.38. The van der Waals surface area contributed by atoms with E-state index in [-0.39, 0.29) is 11.9 Å². The van der Waals surface area contributed by atoms with Crippen LogP contribution in [0.2, 0.25) is 0 Å². The Kier molecular flexibility index (Phi) is 6.43. The Hall–Kier alpha value is -1.72. The van der Waals surface area contributed by atoms with Gasteiger partial charge in [-0.25, -0.2) is 4.98 Å². The number of benzene rings is 1. The number of carbonyl (C=O) groups is 1. The van der Waals surface area contributed by atoms with Crippen LogP contribution in [0.15, 0.2) is 23.6 Å². The quantitative estimate of drug-likeness (QED) is 0.803. The summed E-state index contributed by atoms with van der Waals surface area (Å²) in [7, 11) is 1.97. The van der Waals surface area contributed by atoms with Crippen LogP contribution in [0, 0.1) is 0 Å². The SMILES string of the molecule is CCc1nc(CN(C)CC(=O)NC(C)c2ccc3c(c2)CCCC3)cs1. The fourth-order valence-corrected chi connectivity index (χ4v) is 4.29. The molecule has 0 bridgehead atoms. The van der Waals surface area contributed by atoms with Crippen molar-refractivity contribution in [2.24, 2.45) is 0 Å². The van der Waals surface area contributed by atoms with E-state index in [1.807, 2.05) is 11.9 Å². The van der Waals surface area contributed by atoms with Crippen LogP contribution in [0.5, 0.6) is 0 Å². The van der Waals surface area contributed by atoms with Gasteiger partial charge >= 0.3 is 0 Å². The molecule has 26 heavy (non-hydrogen) atoms. The third-order valence-corrected chi connectivity index (χ3v) is 6.04. The maximum absolute atomic E-state index is 12.4. The molecule has 1 aromatic carbocycles. The number of hydrogen-bond donors (Lipinski definition) is 1. The number of nitrogens with one attached hydrogen (secondary N) is 1. The van der Waals surface area contributed by atoms with Gasteiger partial charge in [-0.3, -0.25) is 9.69 Å². The van der Waals surface area contributed by atoms with Gasteiger partial charge in [0.15, 0.2) is 0 Å². The molecular formula is C21H29N3OS. The molecule has 2 aromatic rings. The number of thiazole rings is 1. The molecule has 1 N–H and O–H groups in total. The van der Waals surface area contributed by atoms with E-state index < -0.39 is 0 Å². The first-order valence-corrected chi connectivity index (χ1v) is 10.5. The van der Waals surface area contributed by atoms with Gasteiger partial charge in [0.1, 0.15) is 0 Å². The van der Waals surface area contributed by atoms with Crippen LogP contribution in [0.1, 0.15) is 60.1 Å². The third kappa shape index (κ3) is 4.92. The van der Waals surface area contributed by atoms with Crippen LogP contribution >= 0.6 is 11.3 Å². The average molecular weight is 372 g/mol. The lowest BCUT2D eigenvalue weighted by atomic mass is 9.89. The second-order valence-corrected chi connectivity index (χ2v) is 8.23. The van der Waals surface area contributed by atoms with E-state index in [2.05, 4.69) is 47.7 Å². The fourth-order valence-electron chi connectivity index (χ4n) is 3.55. The van der Waals surface area contributed by atoms with Gasteiger partial charge < -0.3 is 5.32 Å². The van der Waals surface area contributed by atoms with Gasteiger partial charge in [0.2, 0.25) is 5.91 Å². The maximum atomic E-state index is 12.4. The molecular weight excluding hydrogens is 342 g/mol. The average Bonchev–Trinajstić information content (AvgIpc) is 3.08. The second-order valence-electron chi connectivity index (χ2n) is 7.28. The first-order chi connectivity index (χ1) is 12.5. The molecule has 5 heteroatoms. The highest BCUT2D eigenvalue weighted by atomic mass is 32.1. The van der Waals surface area contributed by atoms with Gasteiger partial charge in [0.25, 0.3) is 0 Å². The fraction of sp³-hybridized carbons (Fsp3) is 0.524. The summed E-state index contributed by atoms with van der Waals surface area (Å²) in [6.45, 7) is 5.27. The summed E-state index contributed by atoms with van der Waals surface area (Å²) < 4.78 is 0. The van der Waals surface area contributed by atoms with Gasteiger partial charge in [0, 0.05) is 11.9 Å². The van der Waals surface area contributed by atoms with Gasteiger partial charge in [-0.15, -0.1) is 11.3 Å². The molecule has 1 aliphatic rings. The number of amides is 1. The summed E-state index contributed by atoms with van der Waals surface area (Å²) >= 11 is 1.69. The largest absolute Gasteiger partial charge is 0.348 e. The van der Waals surface area contributed by atoms with Gasteiger partial charge in [-0.1, -0.05) is 25.1 Å². The number of hydrogen-bond acceptors (Lipinski definition) is 4. The highest BCUT2D eigenvalue weighted by molar-refractivity contribution is 7.09. The molecule has 140 valence electrons. The molecule has 4 nitrogen and oxygen atoms in total. The Balaban J connectivity index is 1.52. The smallest absolute Gasteiger partial charge is 0.234 e. The molecule has 0 aliphatic heterocycles. The summed E-state index contributed by atoms with van der Waals surface area (Å²) in [6.07, 6.45) is 5.90. The highest BCUT2D eigenvalue weighted by Crippen LogP contribution is 2.24. The van der Waals surface area contributed by atoms with E-state index in [1.165, 1.54) is 42.4 Å². The third-order valence-electron chi connectivity index (χ3n) is 5.00. The number of carbonyl (C=O) groups excluding carboxylic acids is 1. The number of rotatable bonds is 7. The first kappa shape index (κ1) is 19.1. The zero-order chi connectivity index (χ0) is 18.5. The number of aryl methyl sites for hydroxylation is 3. The zero-order valence-electron chi connectivity index (χ0n) is 16.0. The van der Waals surface area contributed by atoms with Crippen LogP contribution in [0.3, 0.4) is 0 Å². The molecule has 0 saturated carbocycles. The van der Waals surface area contributed by atoms with Crippen molar-refractivity contribution < 1.29 is 4.79 Å². The molecule has 0 radical (unpaired) electrons. The van der Waals surface area contributed by atoms with Crippen LogP contribution in [0.4, 0.5) is 0 Å². The predicted octanol–water partition coefficient (Wildman–Crippen LogP) is 3.89. The van der Waals surface area contributed by atoms with E-state index in [1.54, 1.807) is 11.3 Å². The number of fused-ring (bicyclic) bond motifs is 1. The van der Waals surface area contributed by atoms with Gasteiger partial charge in [0.05, 0.1) is 23.3 Å². The van der Waals surface area contributed by atoms with E-state index in [4.69, 9.17) is 0 Å². The summed E-state index contributed by atoms with van der Waals surface area (Å²) in [4.78, 5) is 19.0. The predicted molar refractivity (Wildman–Crippen MR) is 107 cm³/mol. The Bertz CT molecular complexity index is 755. The zero-order valence-corrected chi connectivity index (χ0v) is 16.9. The van der Waals surface area contributed by atoms with Crippen molar-refractivity contribution in [3.63, 3.8) is 0 Å². The highest BCUT2D eigenvalue weighted by Gasteiger charge is 2.15. The Morgan fingerprint density at radius 2 is 2.08 bits per heavy atom. The topological polar surface area (TPSA) is 45.2 Å². The molecule has 1 atom stereocenters. The summed E-state index contributed by atoms with van der Waals surface area (Å²) in [5.74, 6) is 0.0589. The van der Waals surface area contributed by atoms with Crippen molar-refractivity contribution in [1.82, 2.24) is 15.2 Å². The molecule has 0 spiro atoms. The molecule has 1 aliphatic carbocycles. The van der Waals surface area contributed by atoms with E-state index in [0.717, 1.165) is 17.1 Å². The second kappa shape index (κ2) is 8.78. The molecule has 0 fully saturated rings. The van der Waals surface area contributed by atoms with Crippen molar-refractivity contribution in [3.05, 3.63) is 51.0 Å². The minimum Gasteiger partial charge on any atom is -0.348 e. The Morgan fingerprint density at radius 3 is 2.81 bits per heavy atom. The van der Waals surface area contributed by atoms with Crippen LogP contribution in [-0.4, -0.2) is 29.4 Å². The lowest BCUT2D eigenvalue weighted by Gasteiger charge is -2.21. The lowest BCUT2D eigenvalue weighted by Crippen LogP contribution is -2.36. The van der Waals surface area contributed by atoms with Crippen molar-refractivity contribution in [1.29, 1.82) is 0 Å². The van der Waals surface area contributed by atoms with E-state index in [0.29, 0.717) is 13.1 Å². The summed E-state index contributed by atoms with van der Waals surface area (Å²) in [6, 6.07) is 6.73. The van der Waals surface area contributed by atoms with Crippen molar-refractivity contribution in [2.75, 3.05) is 13.6 Å². The molecule has 1 aromatic heterocycles. The molecule has 3 rings (SSSR count). The van der Waals surface area contributed by atoms with Crippen molar-refractivity contribution >= 4 is 17.2 Å². The normalized spacial score (nSPS) is 14.9. The van der Waals surface area contributed by atoms with Crippen LogP contribution in [0.25, 0.3) is 0 Å². The number of nitrogens with zero attached hydrogens (tertiary/aromatic N) is 2. The van der Waals surface area contributed by atoms with Gasteiger partial charge in [-0.2, -0.15) is 0 Å². The molecule has 1 amide bonds. The van der Waals surface area contributed by atoms with E-state index >= 15 is 0 Å². The minimum atomic E-state index is 0.0362. The number of likely N-dealkylation sites (N-methyl/N-ethyl adjacent to an activating group) is 1. The standard InChI is InChI=1S/C21H29N3OS/c1-4-21-23-19(14-26-21)12-24(3)13-20(25)22-15(2)17-10-9-16-7-5-6-8-18(16)11-17/h9-11,14-15H,4-8,12-13H2,1-3H3,(H,22,25). The van der Waals surface area contributed by atoms with Crippen LogP contribution < -0.4 is 5.32 Å². The van der Waals surface area contributed by atoms with Crippen LogP contribution in [-0.2, 0) is 30.6 Å². The maximum Gasteiger partial charge on any atom is 0.234 e. The van der Waals surface area contributed by atoms with Crippen molar-refractivity contribution in [2.45, 2.75) is 58.5 Å². The summed E-state index contributed by atoms with van der Waals surface area (Å²) in [5.41, 5.74) is 5.19. The minimum absolute atomic E-state index is 0.0362. The van der Waals surface area contributed by atoms with Crippen molar-refractivity contribution in [3.8, 4) is 0 Å². The monoisotopic (exact) mass is 371 g/mol. The molecule has 1 unspecified atom stereocenters. The molecule has 1 heterocycles. The van der Waals surface area contributed by atoms with Gasteiger partial charge in [-0.05, 0) is 62.8 Å². The number of aromatic nitrogens is 1. The Morgan fingerprint density at radius 1 is 1.31 bits per heavy atom.